The monoisotopic (exact) mass is 237 g/mol. The highest BCUT2D eigenvalue weighted by molar-refractivity contribution is 6.80. The average molecular weight is 237 g/mol. The molecule has 1 heterocycles. The zero-order chi connectivity index (χ0) is 12.0. The first kappa shape index (κ1) is 13.2. The summed E-state index contributed by atoms with van der Waals surface area (Å²) < 4.78 is 0. The van der Waals surface area contributed by atoms with Crippen LogP contribution in [0.3, 0.4) is 0 Å². The third-order valence-corrected chi connectivity index (χ3v) is 9.36. The molecule has 0 bridgehead atoms. The molecule has 1 aromatic rings. The Labute approximate surface area is 99.9 Å². The van der Waals surface area contributed by atoms with Crippen LogP contribution in [0.1, 0.15) is 20.8 Å². The van der Waals surface area contributed by atoms with Crippen LogP contribution in [-0.4, -0.2) is 31.3 Å². The fourth-order valence-corrected chi connectivity index (χ4v) is 5.47. The van der Waals surface area contributed by atoms with Crippen molar-refractivity contribution in [2.75, 3.05) is 18.1 Å². The van der Waals surface area contributed by atoms with Gasteiger partial charge in [0.05, 0.1) is 8.07 Å². The van der Waals surface area contributed by atoms with Crippen molar-refractivity contribution < 1.29 is 0 Å². The zero-order valence-electron chi connectivity index (χ0n) is 10.9. The molecule has 0 aromatic carbocycles. The van der Waals surface area contributed by atoms with Gasteiger partial charge >= 0.3 is 0 Å². The van der Waals surface area contributed by atoms with Gasteiger partial charge in [0.2, 0.25) is 5.95 Å². The molecular weight excluding hydrogens is 214 g/mol. The summed E-state index contributed by atoms with van der Waals surface area (Å²) in [5, 5.41) is 0. The maximum absolute atomic E-state index is 4.30. The summed E-state index contributed by atoms with van der Waals surface area (Å²) in [6.45, 7) is 7.00. The van der Waals surface area contributed by atoms with Crippen LogP contribution in [0.15, 0.2) is 18.5 Å². The smallest absolute Gasteiger partial charge is 0.224 e. The van der Waals surface area contributed by atoms with Crippen molar-refractivity contribution in [2.45, 2.75) is 38.9 Å². The van der Waals surface area contributed by atoms with Crippen LogP contribution in [0.2, 0.25) is 18.1 Å². The molecule has 4 heteroatoms. The summed E-state index contributed by atoms with van der Waals surface area (Å²) in [4.78, 5) is 10.8. The van der Waals surface area contributed by atoms with Crippen molar-refractivity contribution in [3.05, 3.63) is 18.5 Å². The molecule has 0 radical (unpaired) electrons. The molecule has 0 aliphatic rings. The molecule has 0 amide bonds. The third-order valence-electron chi connectivity index (χ3n) is 3.72. The van der Waals surface area contributed by atoms with Gasteiger partial charge in [-0.2, -0.15) is 0 Å². The topological polar surface area (TPSA) is 29.0 Å². The Bertz CT molecular complexity index is 290. The van der Waals surface area contributed by atoms with Crippen LogP contribution in [0, 0.1) is 0 Å². The quantitative estimate of drug-likeness (QED) is 0.712. The van der Waals surface area contributed by atoms with Gasteiger partial charge in [0.15, 0.2) is 0 Å². The van der Waals surface area contributed by atoms with Gasteiger partial charge in [-0.1, -0.05) is 38.9 Å². The van der Waals surface area contributed by atoms with Crippen molar-refractivity contribution in [3.63, 3.8) is 0 Å². The molecule has 1 rings (SSSR count). The number of rotatable bonds is 6. The molecule has 1 aromatic heterocycles. The van der Waals surface area contributed by atoms with Crippen LogP contribution in [0.4, 0.5) is 5.95 Å². The van der Waals surface area contributed by atoms with Crippen LogP contribution in [0.5, 0.6) is 0 Å². The number of aromatic nitrogens is 2. The fraction of sp³-hybridized carbons (Fsp3) is 0.667. The van der Waals surface area contributed by atoms with Crippen molar-refractivity contribution in [2.24, 2.45) is 0 Å². The van der Waals surface area contributed by atoms with E-state index in [4.69, 9.17) is 0 Å². The van der Waals surface area contributed by atoms with Crippen LogP contribution in [-0.2, 0) is 0 Å². The molecular formula is C12H23N3Si. The number of hydrogen-bond acceptors (Lipinski definition) is 3. The lowest BCUT2D eigenvalue weighted by Gasteiger charge is -2.32. The van der Waals surface area contributed by atoms with Gasteiger partial charge in [-0.05, 0) is 6.07 Å². The summed E-state index contributed by atoms with van der Waals surface area (Å²) in [6.07, 6.45) is 4.79. The second-order valence-corrected chi connectivity index (χ2v) is 9.90. The second kappa shape index (κ2) is 5.99. The minimum atomic E-state index is -1.12. The fourth-order valence-electron chi connectivity index (χ4n) is 2.15. The summed E-state index contributed by atoms with van der Waals surface area (Å²) in [5.41, 5.74) is 0. The van der Waals surface area contributed by atoms with Crippen molar-refractivity contribution in [1.29, 1.82) is 0 Å². The molecule has 16 heavy (non-hydrogen) atoms. The lowest BCUT2D eigenvalue weighted by atomic mass is 10.6. The number of anilines is 1. The van der Waals surface area contributed by atoms with Gasteiger partial charge in [-0.15, -0.1) is 0 Å². The second-order valence-electron chi connectivity index (χ2n) is 4.47. The summed E-state index contributed by atoms with van der Waals surface area (Å²) >= 11 is 0. The summed E-state index contributed by atoms with van der Waals surface area (Å²) in [7, 11) is 0.992. The molecule has 0 atom stereocenters. The van der Waals surface area contributed by atoms with E-state index in [1.54, 1.807) is 0 Å². The predicted molar refractivity (Wildman–Crippen MR) is 72.5 cm³/mol. The average Bonchev–Trinajstić information content (AvgIpc) is 2.37. The van der Waals surface area contributed by atoms with Gasteiger partial charge in [0.25, 0.3) is 0 Å². The molecule has 0 aliphatic carbocycles. The first-order valence-electron chi connectivity index (χ1n) is 6.15. The van der Waals surface area contributed by atoms with Gasteiger partial charge in [0, 0.05) is 25.6 Å². The van der Waals surface area contributed by atoms with Gasteiger partial charge in [0.1, 0.15) is 0 Å². The predicted octanol–water partition coefficient (Wildman–Crippen LogP) is 2.96. The molecule has 0 fully saturated rings. The SMILES string of the molecule is CC[Si](CC)(CC)CN(C)c1ncccn1. The van der Waals surface area contributed by atoms with Gasteiger partial charge in [-0.25, -0.2) is 9.97 Å². The van der Waals surface area contributed by atoms with Crippen molar-refractivity contribution in [3.8, 4) is 0 Å². The standard InChI is InChI=1S/C12H23N3Si/c1-5-16(6-2,7-3)11-15(4)12-13-9-8-10-14-12/h8-10H,5-7,11H2,1-4H3. The largest absolute Gasteiger partial charge is 0.347 e. The van der Waals surface area contributed by atoms with E-state index in [9.17, 15) is 0 Å². The molecule has 90 valence electrons. The van der Waals surface area contributed by atoms with Gasteiger partial charge in [-0.3, -0.25) is 0 Å². The van der Waals surface area contributed by atoms with E-state index in [2.05, 4.69) is 42.7 Å². The minimum Gasteiger partial charge on any atom is -0.347 e. The number of hydrogen-bond donors (Lipinski definition) is 0. The molecule has 0 unspecified atom stereocenters. The Balaban J connectivity index is 2.73. The molecule has 0 spiro atoms. The van der Waals surface area contributed by atoms with Crippen molar-refractivity contribution in [1.82, 2.24) is 9.97 Å². The summed E-state index contributed by atoms with van der Waals surface area (Å²) in [5.74, 6) is 0.856. The normalized spacial score (nSPS) is 11.5. The highest BCUT2D eigenvalue weighted by Gasteiger charge is 2.28. The maximum Gasteiger partial charge on any atom is 0.224 e. The Kier molecular flexibility index (Phi) is 4.93. The molecule has 3 nitrogen and oxygen atoms in total. The van der Waals surface area contributed by atoms with E-state index < -0.39 is 8.07 Å². The Morgan fingerprint density at radius 3 is 2.00 bits per heavy atom. The Morgan fingerprint density at radius 2 is 1.56 bits per heavy atom. The van der Waals surface area contributed by atoms with E-state index in [-0.39, 0.29) is 0 Å². The molecule has 0 N–H and O–H groups in total. The molecule has 0 aliphatic heterocycles. The lowest BCUT2D eigenvalue weighted by molar-refractivity contribution is 0.934. The van der Waals surface area contributed by atoms with E-state index in [1.807, 2.05) is 18.5 Å². The number of nitrogens with zero attached hydrogens (tertiary/aromatic N) is 3. The van der Waals surface area contributed by atoms with E-state index in [1.165, 1.54) is 24.3 Å². The Morgan fingerprint density at radius 1 is 1.06 bits per heavy atom. The summed E-state index contributed by atoms with van der Waals surface area (Å²) in [6, 6.07) is 5.90. The third kappa shape index (κ3) is 3.04. The van der Waals surface area contributed by atoms with E-state index >= 15 is 0 Å². The minimum absolute atomic E-state index is 0.856. The van der Waals surface area contributed by atoms with Crippen LogP contribution >= 0.6 is 0 Å². The van der Waals surface area contributed by atoms with Crippen molar-refractivity contribution >= 4 is 14.0 Å². The highest BCUT2D eigenvalue weighted by atomic mass is 28.3. The first-order valence-corrected chi connectivity index (χ1v) is 8.98. The molecule has 0 saturated heterocycles. The van der Waals surface area contributed by atoms with E-state index in [0.29, 0.717) is 0 Å². The van der Waals surface area contributed by atoms with Crippen LogP contribution < -0.4 is 4.90 Å². The lowest BCUT2D eigenvalue weighted by Crippen LogP contribution is -2.45. The van der Waals surface area contributed by atoms with E-state index in [0.717, 1.165) is 5.95 Å². The zero-order valence-corrected chi connectivity index (χ0v) is 11.9. The van der Waals surface area contributed by atoms with Crippen LogP contribution in [0.25, 0.3) is 0 Å². The Hall–Kier alpha value is -0.903. The highest BCUT2D eigenvalue weighted by Crippen LogP contribution is 2.22. The van der Waals surface area contributed by atoms with Gasteiger partial charge < -0.3 is 4.90 Å². The molecule has 0 saturated carbocycles. The maximum atomic E-state index is 4.30. The first-order chi connectivity index (χ1) is 7.67.